The quantitative estimate of drug-likeness (QED) is 0.480. The summed E-state index contributed by atoms with van der Waals surface area (Å²) in [4.78, 5) is 15.8. The largest absolute Gasteiger partial charge is 0.375 e. The van der Waals surface area contributed by atoms with Crippen LogP contribution in [0, 0.1) is 0 Å². The first-order valence-corrected chi connectivity index (χ1v) is 9.13. The van der Waals surface area contributed by atoms with Gasteiger partial charge in [0.05, 0.1) is 23.4 Å². The summed E-state index contributed by atoms with van der Waals surface area (Å²) in [5.74, 6) is -0.0528. The molecule has 0 fully saturated rings. The number of nitrogens with zero attached hydrogens (tertiary/aromatic N) is 2. The van der Waals surface area contributed by atoms with E-state index in [0.717, 1.165) is 33.3 Å². The number of amides is 1. The highest BCUT2D eigenvalue weighted by Gasteiger charge is 2.12. The van der Waals surface area contributed by atoms with E-state index in [1.54, 1.807) is 6.20 Å². The van der Waals surface area contributed by atoms with Crippen molar-refractivity contribution in [3.05, 3.63) is 78.8 Å². The molecule has 6 nitrogen and oxygen atoms in total. The second-order valence-electron chi connectivity index (χ2n) is 6.68. The highest BCUT2D eigenvalue weighted by molar-refractivity contribution is 5.84. The molecule has 2 heterocycles. The second kappa shape index (κ2) is 7.92. The number of aromatic nitrogens is 3. The summed E-state index contributed by atoms with van der Waals surface area (Å²) in [6.45, 7) is 2.01. The maximum Gasteiger partial charge on any atom is 0.216 e. The number of hydrogen-bond acceptors (Lipinski definition) is 4. The van der Waals surface area contributed by atoms with Crippen LogP contribution in [0.5, 0.6) is 0 Å². The lowest BCUT2D eigenvalue weighted by Gasteiger charge is -2.21. The summed E-state index contributed by atoms with van der Waals surface area (Å²) < 4.78 is 0. The normalized spacial score (nSPS) is 11.9. The number of carbonyl (C=O) groups excluding carboxylic acids is 1. The Labute approximate surface area is 163 Å². The number of anilines is 1. The summed E-state index contributed by atoms with van der Waals surface area (Å²) in [6.07, 6.45) is 5.45. The maximum absolute atomic E-state index is 11.4. The maximum atomic E-state index is 11.4. The molecule has 0 aliphatic heterocycles. The van der Waals surface area contributed by atoms with Crippen LogP contribution in [0.15, 0.2) is 73.2 Å². The number of H-pyrrole nitrogens is 1. The Morgan fingerprint density at radius 3 is 2.71 bits per heavy atom. The smallest absolute Gasteiger partial charge is 0.216 e. The minimum Gasteiger partial charge on any atom is -0.375 e. The van der Waals surface area contributed by atoms with Crippen molar-refractivity contribution < 1.29 is 4.79 Å². The molecule has 2 aromatic carbocycles. The number of carbonyl (C=O) groups is 1. The molecular weight excluding hydrogens is 350 g/mol. The predicted octanol–water partition coefficient (Wildman–Crippen LogP) is 3.91. The number of pyridine rings is 1. The van der Waals surface area contributed by atoms with Gasteiger partial charge < -0.3 is 10.6 Å². The summed E-state index contributed by atoms with van der Waals surface area (Å²) in [6, 6.07) is 18.2. The van der Waals surface area contributed by atoms with Gasteiger partial charge in [-0.1, -0.05) is 36.4 Å². The van der Waals surface area contributed by atoms with Gasteiger partial charge in [-0.15, -0.1) is 0 Å². The monoisotopic (exact) mass is 371 g/mol. The molecule has 0 bridgehead atoms. The molecule has 3 N–H and O–H groups in total. The van der Waals surface area contributed by atoms with E-state index in [2.05, 4.69) is 37.9 Å². The fourth-order valence-electron chi connectivity index (χ4n) is 3.18. The van der Waals surface area contributed by atoms with Crippen molar-refractivity contribution in [3.8, 4) is 11.1 Å². The fourth-order valence-corrected chi connectivity index (χ4v) is 3.18. The van der Waals surface area contributed by atoms with Gasteiger partial charge in [-0.05, 0) is 29.3 Å². The molecule has 6 heteroatoms. The van der Waals surface area contributed by atoms with Crippen LogP contribution in [0.2, 0.25) is 0 Å². The third-order valence-electron chi connectivity index (χ3n) is 4.61. The highest BCUT2D eigenvalue weighted by Crippen LogP contribution is 2.26. The van der Waals surface area contributed by atoms with Gasteiger partial charge >= 0.3 is 0 Å². The van der Waals surface area contributed by atoms with E-state index in [0.29, 0.717) is 6.54 Å². The van der Waals surface area contributed by atoms with Gasteiger partial charge in [-0.2, -0.15) is 5.10 Å². The molecule has 4 aromatic rings. The van der Waals surface area contributed by atoms with E-state index in [9.17, 15) is 4.79 Å². The Morgan fingerprint density at radius 2 is 1.89 bits per heavy atom. The average Bonchev–Trinajstić information content (AvgIpc) is 3.20. The van der Waals surface area contributed by atoms with Gasteiger partial charge in [-0.3, -0.25) is 14.9 Å². The number of hydrogen-bond donors (Lipinski definition) is 3. The molecule has 4 rings (SSSR count). The van der Waals surface area contributed by atoms with Crippen LogP contribution in [-0.2, 0) is 4.79 Å². The Bertz CT molecular complexity index is 1090. The summed E-state index contributed by atoms with van der Waals surface area (Å²) in [5, 5.41) is 14.5. The zero-order valence-corrected chi connectivity index (χ0v) is 15.5. The molecule has 0 spiro atoms. The first kappa shape index (κ1) is 17.7. The molecule has 140 valence electrons. The molecule has 0 saturated heterocycles. The van der Waals surface area contributed by atoms with E-state index in [1.165, 1.54) is 6.92 Å². The van der Waals surface area contributed by atoms with Gasteiger partial charge in [0.2, 0.25) is 5.91 Å². The Kier molecular flexibility index (Phi) is 5.01. The topological polar surface area (TPSA) is 82.7 Å². The van der Waals surface area contributed by atoms with Crippen molar-refractivity contribution in [2.75, 3.05) is 11.9 Å². The van der Waals surface area contributed by atoms with Crippen LogP contribution in [0.4, 0.5) is 5.69 Å². The second-order valence-corrected chi connectivity index (χ2v) is 6.68. The van der Waals surface area contributed by atoms with E-state index in [4.69, 9.17) is 0 Å². The van der Waals surface area contributed by atoms with E-state index in [1.807, 2.05) is 54.9 Å². The third kappa shape index (κ3) is 4.01. The summed E-state index contributed by atoms with van der Waals surface area (Å²) in [7, 11) is 0. The van der Waals surface area contributed by atoms with Crippen molar-refractivity contribution >= 4 is 22.5 Å². The van der Waals surface area contributed by atoms with Gasteiger partial charge in [0, 0.05) is 36.8 Å². The fraction of sp³-hybridized carbons (Fsp3) is 0.136. The Hall–Kier alpha value is -3.67. The lowest BCUT2D eigenvalue weighted by Crippen LogP contribution is -2.29. The Balaban J connectivity index is 1.60. The molecule has 1 unspecified atom stereocenters. The SMILES string of the molecule is CC(=O)NCC(Nc1cncc(-c2ccc3[nH]ncc3c2)c1)c1ccccc1. The summed E-state index contributed by atoms with van der Waals surface area (Å²) in [5.41, 5.74) is 5.08. The van der Waals surface area contributed by atoms with Crippen LogP contribution < -0.4 is 10.6 Å². The number of fused-ring (bicyclic) bond motifs is 1. The number of aromatic amines is 1. The zero-order chi connectivity index (χ0) is 19.3. The average molecular weight is 371 g/mol. The van der Waals surface area contributed by atoms with Gasteiger partial charge in [0.1, 0.15) is 0 Å². The van der Waals surface area contributed by atoms with Crippen molar-refractivity contribution in [2.45, 2.75) is 13.0 Å². The van der Waals surface area contributed by atoms with Crippen molar-refractivity contribution in [1.82, 2.24) is 20.5 Å². The zero-order valence-electron chi connectivity index (χ0n) is 15.5. The van der Waals surface area contributed by atoms with E-state index in [-0.39, 0.29) is 11.9 Å². The van der Waals surface area contributed by atoms with Crippen molar-refractivity contribution in [2.24, 2.45) is 0 Å². The molecule has 1 amide bonds. The number of rotatable bonds is 6. The Morgan fingerprint density at radius 1 is 1.04 bits per heavy atom. The van der Waals surface area contributed by atoms with Crippen LogP contribution in [0.1, 0.15) is 18.5 Å². The van der Waals surface area contributed by atoms with E-state index < -0.39 is 0 Å². The lowest BCUT2D eigenvalue weighted by atomic mass is 10.0. The molecular formula is C22H21N5O. The lowest BCUT2D eigenvalue weighted by molar-refractivity contribution is -0.119. The molecule has 0 aliphatic rings. The molecule has 0 radical (unpaired) electrons. The molecule has 0 saturated carbocycles. The minimum absolute atomic E-state index is 0.0528. The standard InChI is InChI=1S/C22H21N5O/c1-15(28)24-14-22(16-5-3-2-4-6-16)26-20-10-18(11-23-13-20)17-7-8-21-19(9-17)12-25-27-21/h2-13,22,26H,14H2,1H3,(H,24,28)(H,25,27). The first-order valence-electron chi connectivity index (χ1n) is 9.13. The van der Waals surface area contributed by atoms with Crippen LogP contribution in [-0.4, -0.2) is 27.6 Å². The molecule has 0 aliphatic carbocycles. The number of benzene rings is 2. The highest BCUT2D eigenvalue weighted by atomic mass is 16.1. The molecule has 2 aromatic heterocycles. The van der Waals surface area contributed by atoms with Crippen molar-refractivity contribution in [3.63, 3.8) is 0 Å². The minimum atomic E-state index is -0.0569. The van der Waals surface area contributed by atoms with Gasteiger partial charge in [-0.25, -0.2) is 0 Å². The van der Waals surface area contributed by atoms with Crippen molar-refractivity contribution in [1.29, 1.82) is 0 Å². The van der Waals surface area contributed by atoms with E-state index >= 15 is 0 Å². The third-order valence-corrected chi connectivity index (χ3v) is 4.61. The van der Waals surface area contributed by atoms with Crippen LogP contribution in [0.25, 0.3) is 22.0 Å². The van der Waals surface area contributed by atoms with Gasteiger partial charge in [0.25, 0.3) is 0 Å². The first-order chi connectivity index (χ1) is 13.7. The molecule has 1 atom stereocenters. The molecule has 28 heavy (non-hydrogen) atoms. The number of nitrogens with one attached hydrogen (secondary N) is 3. The summed E-state index contributed by atoms with van der Waals surface area (Å²) >= 11 is 0. The van der Waals surface area contributed by atoms with Gasteiger partial charge in [0.15, 0.2) is 0 Å². The van der Waals surface area contributed by atoms with Crippen LogP contribution >= 0.6 is 0 Å². The predicted molar refractivity (Wildman–Crippen MR) is 111 cm³/mol. The van der Waals surface area contributed by atoms with Crippen LogP contribution in [0.3, 0.4) is 0 Å².